The van der Waals surface area contributed by atoms with Crippen LogP contribution in [0.4, 0.5) is 0 Å². The minimum Gasteiger partial charge on any atom is -0.378 e. The van der Waals surface area contributed by atoms with E-state index in [-0.39, 0.29) is 11.9 Å². The first-order valence-electron chi connectivity index (χ1n) is 6.94. The minimum atomic E-state index is -0.484. The van der Waals surface area contributed by atoms with Gasteiger partial charge in [-0.05, 0) is 13.8 Å². The Morgan fingerprint density at radius 1 is 1.26 bits per heavy atom. The van der Waals surface area contributed by atoms with Gasteiger partial charge in [-0.15, -0.1) is 0 Å². The second kappa shape index (κ2) is 6.65. The van der Waals surface area contributed by atoms with Gasteiger partial charge in [0.15, 0.2) is 5.79 Å². The maximum atomic E-state index is 11.9. The molecule has 2 aliphatic rings. The summed E-state index contributed by atoms with van der Waals surface area (Å²) in [4.78, 5) is 13.8. The van der Waals surface area contributed by atoms with E-state index in [1.807, 2.05) is 18.7 Å². The molecule has 110 valence electrons. The van der Waals surface area contributed by atoms with Crippen molar-refractivity contribution in [1.29, 1.82) is 0 Å². The third-order valence-corrected chi connectivity index (χ3v) is 3.40. The molecule has 0 atom stereocenters. The predicted octanol–water partition coefficient (Wildman–Crippen LogP) is -0.0236. The van der Waals surface area contributed by atoms with Crippen LogP contribution < -0.4 is 5.32 Å². The van der Waals surface area contributed by atoms with Gasteiger partial charge in [-0.2, -0.15) is 0 Å². The van der Waals surface area contributed by atoms with E-state index in [0.29, 0.717) is 52.5 Å². The van der Waals surface area contributed by atoms with Crippen molar-refractivity contribution in [2.45, 2.75) is 32.1 Å². The average molecular weight is 272 g/mol. The second-order valence-corrected chi connectivity index (χ2v) is 5.42. The predicted molar refractivity (Wildman–Crippen MR) is 69.8 cm³/mol. The van der Waals surface area contributed by atoms with Gasteiger partial charge in [-0.25, -0.2) is 0 Å². The van der Waals surface area contributed by atoms with Crippen LogP contribution in [0.2, 0.25) is 0 Å². The molecule has 6 nitrogen and oxygen atoms in total. The fraction of sp³-hybridized carbons (Fsp3) is 0.923. The first-order valence-corrected chi connectivity index (χ1v) is 6.94. The van der Waals surface area contributed by atoms with Crippen molar-refractivity contribution in [2.24, 2.45) is 0 Å². The SMILES string of the molecule is CC1(C)OCC(NCCC(=O)N2CCOCC2)CO1. The zero-order chi connectivity index (χ0) is 13.7. The number of hydrogen-bond donors (Lipinski definition) is 1. The molecule has 2 heterocycles. The largest absolute Gasteiger partial charge is 0.378 e. The molecule has 19 heavy (non-hydrogen) atoms. The molecule has 1 amide bonds. The minimum absolute atomic E-state index is 0.172. The van der Waals surface area contributed by atoms with Gasteiger partial charge in [0.1, 0.15) is 0 Å². The lowest BCUT2D eigenvalue weighted by molar-refractivity contribution is -0.252. The van der Waals surface area contributed by atoms with Crippen LogP contribution in [0.1, 0.15) is 20.3 Å². The number of rotatable bonds is 4. The lowest BCUT2D eigenvalue weighted by Gasteiger charge is -2.35. The molecule has 2 rings (SSSR count). The number of amides is 1. The Kier molecular flexibility index (Phi) is 5.15. The number of carbonyl (C=O) groups is 1. The van der Waals surface area contributed by atoms with E-state index in [0.717, 1.165) is 0 Å². The molecular weight excluding hydrogens is 248 g/mol. The smallest absolute Gasteiger partial charge is 0.224 e. The van der Waals surface area contributed by atoms with Gasteiger partial charge in [0.25, 0.3) is 0 Å². The first-order chi connectivity index (χ1) is 9.07. The van der Waals surface area contributed by atoms with Crippen molar-refractivity contribution in [3.63, 3.8) is 0 Å². The average Bonchev–Trinajstić information content (AvgIpc) is 2.41. The van der Waals surface area contributed by atoms with E-state index in [1.165, 1.54) is 0 Å². The molecule has 0 unspecified atom stereocenters. The van der Waals surface area contributed by atoms with Crippen molar-refractivity contribution in [3.8, 4) is 0 Å². The van der Waals surface area contributed by atoms with E-state index in [4.69, 9.17) is 14.2 Å². The van der Waals surface area contributed by atoms with Crippen molar-refractivity contribution in [2.75, 3.05) is 46.1 Å². The maximum absolute atomic E-state index is 11.9. The maximum Gasteiger partial charge on any atom is 0.224 e. The highest BCUT2D eigenvalue weighted by atomic mass is 16.7. The quantitative estimate of drug-likeness (QED) is 0.779. The zero-order valence-electron chi connectivity index (χ0n) is 11.8. The Balaban J connectivity index is 1.60. The molecule has 0 aromatic carbocycles. The van der Waals surface area contributed by atoms with Crippen LogP contribution in [-0.4, -0.2) is 68.7 Å². The van der Waals surface area contributed by atoms with E-state index in [9.17, 15) is 4.79 Å². The van der Waals surface area contributed by atoms with Gasteiger partial charge in [0.2, 0.25) is 5.91 Å². The lowest BCUT2D eigenvalue weighted by Crippen LogP contribution is -2.49. The number of nitrogens with one attached hydrogen (secondary N) is 1. The third-order valence-electron chi connectivity index (χ3n) is 3.40. The van der Waals surface area contributed by atoms with Crippen LogP contribution in [0.5, 0.6) is 0 Å². The molecule has 0 saturated carbocycles. The van der Waals surface area contributed by atoms with Crippen LogP contribution >= 0.6 is 0 Å². The number of nitrogens with zero attached hydrogens (tertiary/aromatic N) is 1. The van der Waals surface area contributed by atoms with E-state index in [2.05, 4.69) is 5.32 Å². The number of carbonyl (C=O) groups excluding carboxylic acids is 1. The van der Waals surface area contributed by atoms with Crippen LogP contribution in [0.25, 0.3) is 0 Å². The summed E-state index contributed by atoms with van der Waals surface area (Å²) in [6.07, 6.45) is 0.514. The topological polar surface area (TPSA) is 60.0 Å². The van der Waals surface area contributed by atoms with E-state index in [1.54, 1.807) is 0 Å². The van der Waals surface area contributed by atoms with Gasteiger partial charge in [-0.3, -0.25) is 4.79 Å². The fourth-order valence-electron chi connectivity index (χ4n) is 2.16. The Morgan fingerprint density at radius 3 is 2.53 bits per heavy atom. The second-order valence-electron chi connectivity index (χ2n) is 5.42. The Morgan fingerprint density at radius 2 is 1.89 bits per heavy atom. The molecule has 2 fully saturated rings. The van der Waals surface area contributed by atoms with Crippen LogP contribution in [-0.2, 0) is 19.0 Å². The summed E-state index contributed by atoms with van der Waals surface area (Å²) in [5, 5.41) is 3.30. The molecule has 0 aromatic heterocycles. The molecule has 0 bridgehead atoms. The van der Waals surface area contributed by atoms with Crippen molar-refractivity contribution in [1.82, 2.24) is 10.2 Å². The third kappa shape index (κ3) is 4.72. The molecule has 0 aromatic rings. The molecule has 2 aliphatic heterocycles. The summed E-state index contributed by atoms with van der Waals surface area (Å²) in [6.45, 7) is 8.45. The van der Waals surface area contributed by atoms with Crippen LogP contribution in [0, 0.1) is 0 Å². The summed E-state index contributed by atoms with van der Waals surface area (Å²) in [5.74, 6) is -0.296. The first kappa shape index (κ1) is 14.7. The van der Waals surface area contributed by atoms with E-state index >= 15 is 0 Å². The standard InChI is InChI=1S/C13H24N2O4/c1-13(2)18-9-11(10-19-13)14-4-3-12(16)15-5-7-17-8-6-15/h11,14H,3-10H2,1-2H3. The van der Waals surface area contributed by atoms with Crippen LogP contribution in [0.15, 0.2) is 0 Å². The Hall–Kier alpha value is -0.690. The molecule has 0 aliphatic carbocycles. The summed E-state index contributed by atoms with van der Waals surface area (Å²) < 4.78 is 16.3. The monoisotopic (exact) mass is 272 g/mol. The summed E-state index contributed by atoms with van der Waals surface area (Å²) in [5.41, 5.74) is 0. The molecule has 1 N–H and O–H groups in total. The van der Waals surface area contributed by atoms with Crippen LogP contribution in [0.3, 0.4) is 0 Å². The number of ether oxygens (including phenoxy) is 3. The zero-order valence-corrected chi connectivity index (χ0v) is 11.8. The fourth-order valence-corrected chi connectivity index (χ4v) is 2.16. The Bertz CT molecular complexity index is 293. The van der Waals surface area contributed by atoms with E-state index < -0.39 is 5.79 Å². The van der Waals surface area contributed by atoms with Crippen molar-refractivity contribution >= 4 is 5.91 Å². The Labute approximate surface area is 114 Å². The van der Waals surface area contributed by atoms with Gasteiger partial charge in [0, 0.05) is 26.1 Å². The van der Waals surface area contributed by atoms with Gasteiger partial charge >= 0.3 is 0 Å². The normalized spacial score (nSPS) is 24.4. The molecule has 0 spiro atoms. The highest BCUT2D eigenvalue weighted by Crippen LogP contribution is 2.16. The summed E-state index contributed by atoms with van der Waals surface area (Å²) >= 11 is 0. The highest BCUT2D eigenvalue weighted by molar-refractivity contribution is 5.76. The summed E-state index contributed by atoms with van der Waals surface area (Å²) in [7, 11) is 0. The number of morpholine rings is 1. The molecule has 0 radical (unpaired) electrons. The number of hydrogen-bond acceptors (Lipinski definition) is 5. The lowest BCUT2D eigenvalue weighted by atomic mass is 10.2. The van der Waals surface area contributed by atoms with Crippen molar-refractivity contribution < 1.29 is 19.0 Å². The molecular formula is C13H24N2O4. The highest BCUT2D eigenvalue weighted by Gasteiger charge is 2.28. The van der Waals surface area contributed by atoms with Gasteiger partial charge in [-0.1, -0.05) is 0 Å². The van der Waals surface area contributed by atoms with Gasteiger partial charge < -0.3 is 24.4 Å². The van der Waals surface area contributed by atoms with Crippen molar-refractivity contribution in [3.05, 3.63) is 0 Å². The molecule has 6 heteroatoms. The molecule has 2 saturated heterocycles. The van der Waals surface area contributed by atoms with Gasteiger partial charge in [0.05, 0.1) is 32.5 Å². The summed E-state index contributed by atoms with van der Waals surface area (Å²) in [6, 6.07) is 0.172.